The first-order valence-corrected chi connectivity index (χ1v) is 13.4. The molecular formula is C29H26FN7O2S. The van der Waals surface area contributed by atoms with Crippen LogP contribution in [0, 0.1) is 11.2 Å². The summed E-state index contributed by atoms with van der Waals surface area (Å²) in [5.41, 5.74) is 3.86. The number of hydrogen-bond donors (Lipinski definition) is 4. The Morgan fingerprint density at radius 3 is 2.67 bits per heavy atom. The van der Waals surface area contributed by atoms with Crippen LogP contribution >= 0.6 is 11.3 Å². The van der Waals surface area contributed by atoms with Gasteiger partial charge in [-0.05, 0) is 43.3 Å². The molecular weight excluding hydrogens is 529 g/mol. The molecule has 0 amide bonds. The summed E-state index contributed by atoms with van der Waals surface area (Å²) in [5.74, 6) is -0.0983. The third-order valence-corrected chi connectivity index (χ3v) is 7.84. The number of thiophene rings is 1. The van der Waals surface area contributed by atoms with Crippen molar-refractivity contribution in [3.8, 4) is 33.2 Å². The van der Waals surface area contributed by atoms with E-state index in [1.807, 2.05) is 26.8 Å². The van der Waals surface area contributed by atoms with Crippen LogP contribution in [0.4, 0.5) is 10.1 Å². The van der Waals surface area contributed by atoms with Gasteiger partial charge in [0.15, 0.2) is 11.6 Å². The summed E-state index contributed by atoms with van der Waals surface area (Å²) in [6.07, 6.45) is 4.02. The number of anilines is 1. The van der Waals surface area contributed by atoms with Crippen LogP contribution in [0.5, 0.6) is 0 Å². The summed E-state index contributed by atoms with van der Waals surface area (Å²) in [4.78, 5) is 30.0. The minimum absolute atomic E-state index is 0.0117. The number of rotatable bonds is 6. The first-order valence-electron chi connectivity index (χ1n) is 12.6. The predicted molar refractivity (Wildman–Crippen MR) is 155 cm³/mol. The number of imidazole rings is 1. The summed E-state index contributed by atoms with van der Waals surface area (Å²) in [6, 6.07) is 10.6. The summed E-state index contributed by atoms with van der Waals surface area (Å²) in [7, 11) is 0. The number of pyridine rings is 2. The third-order valence-electron chi connectivity index (χ3n) is 6.65. The average molecular weight is 556 g/mol. The van der Waals surface area contributed by atoms with Crippen LogP contribution in [0.1, 0.15) is 37.4 Å². The van der Waals surface area contributed by atoms with Crippen LogP contribution in [-0.2, 0) is 0 Å². The molecule has 0 aliphatic carbocycles. The van der Waals surface area contributed by atoms with Crippen molar-refractivity contribution in [2.24, 2.45) is 5.41 Å². The van der Waals surface area contributed by atoms with Crippen LogP contribution < -0.4 is 5.32 Å². The predicted octanol–water partition coefficient (Wildman–Crippen LogP) is 6.41. The quantitative estimate of drug-likeness (QED) is 0.138. The molecule has 0 radical (unpaired) electrons. The van der Waals surface area contributed by atoms with Crippen LogP contribution in [0.25, 0.3) is 55.2 Å². The maximum absolute atomic E-state index is 16.2. The van der Waals surface area contributed by atoms with Gasteiger partial charge in [-0.2, -0.15) is 5.10 Å². The van der Waals surface area contributed by atoms with Crippen molar-refractivity contribution in [2.75, 3.05) is 5.32 Å². The van der Waals surface area contributed by atoms with Crippen molar-refractivity contribution in [3.63, 3.8) is 0 Å². The zero-order valence-electron chi connectivity index (χ0n) is 22.2. The Morgan fingerprint density at radius 1 is 1.10 bits per heavy atom. The number of halogens is 1. The number of carbonyl (C=O) groups is 1. The second kappa shape index (κ2) is 9.61. The Kier molecular flexibility index (Phi) is 6.20. The summed E-state index contributed by atoms with van der Waals surface area (Å²) in [5, 5.41) is 21.1. The second-order valence-electron chi connectivity index (χ2n) is 10.7. The molecule has 0 saturated heterocycles. The number of hydrogen-bond acceptors (Lipinski definition) is 8. The normalized spacial score (nSPS) is 12.8. The van der Waals surface area contributed by atoms with Gasteiger partial charge < -0.3 is 15.4 Å². The number of carbonyl (C=O) groups excluding carboxylic acids is 1. The van der Waals surface area contributed by atoms with Gasteiger partial charge >= 0.3 is 0 Å². The van der Waals surface area contributed by atoms with Gasteiger partial charge in [0.05, 0.1) is 38.1 Å². The zero-order chi connectivity index (χ0) is 28.2. The number of fused-ring (bicyclic) bond motifs is 2. The molecule has 0 spiro atoms. The van der Waals surface area contributed by atoms with E-state index in [1.165, 1.54) is 18.3 Å². The van der Waals surface area contributed by atoms with Crippen molar-refractivity contribution >= 4 is 44.7 Å². The fourth-order valence-corrected chi connectivity index (χ4v) is 5.29. The number of aromatic amines is 2. The number of ketones is 1. The van der Waals surface area contributed by atoms with E-state index < -0.39 is 17.5 Å². The van der Waals surface area contributed by atoms with E-state index in [2.05, 4.69) is 30.5 Å². The van der Waals surface area contributed by atoms with E-state index in [4.69, 9.17) is 4.98 Å². The number of aromatic nitrogens is 6. The molecule has 0 aliphatic heterocycles. The summed E-state index contributed by atoms with van der Waals surface area (Å²) in [6.45, 7) is 7.27. The molecule has 202 valence electrons. The maximum atomic E-state index is 16.2. The van der Waals surface area contributed by atoms with Gasteiger partial charge in [0.2, 0.25) is 0 Å². The Hall–Kier alpha value is -4.48. The summed E-state index contributed by atoms with van der Waals surface area (Å²) >= 11 is 1.35. The molecule has 0 saturated carbocycles. The van der Waals surface area contributed by atoms with Crippen molar-refractivity contribution in [1.82, 2.24) is 30.1 Å². The lowest BCUT2D eigenvalue weighted by Crippen LogP contribution is -2.33. The summed E-state index contributed by atoms with van der Waals surface area (Å²) < 4.78 is 16.2. The first kappa shape index (κ1) is 25.8. The van der Waals surface area contributed by atoms with Crippen molar-refractivity contribution < 1.29 is 14.3 Å². The number of nitrogens with one attached hydrogen (secondary N) is 3. The highest BCUT2D eigenvalue weighted by Gasteiger charge is 2.23. The van der Waals surface area contributed by atoms with E-state index >= 15 is 4.39 Å². The maximum Gasteiger partial charge on any atom is 0.169 e. The first-order chi connectivity index (χ1) is 19.1. The lowest BCUT2D eigenvalue weighted by Gasteiger charge is -2.27. The smallest absolute Gasteiger partial charge is 0.169 e. The Balaban J connectivity index is 1.42. The monoisotopic (exact) mass is 555 g/mol. The molecule has 1 unspecified atom stereocenters. The molecule has 5 heterocycles. The average Bonchev–Trinajstić information content (AvgIpc) is 3.66. The molecule has 1 atom stereocenters. The van der Waals surface area contributed by atoms with Gasteiger partial charge in [0, 0.05) is 28.9 Å². The minimum atomic E-state index is -0.812. The lowest BCUT2D eigenvalue weighted by molar-refractivity contribution is 0.0880. The van der Waals surface area contributed by atoms with Gasteiger partial charge in [-0.25, -0.2) is 9.37 Å². The molecule has 5 aromatic heterocycles. The zero-order valence-corrected chi connectivity index (χ0v) is 23.0. The molecule has 11 heteroatoms. The lowest BCUT2D eigenvalue weighted by atomic mass is 9.94. The fraction of sp³-hybridized carbons (Fsp3) is 0.207. The Labute approximate surface area is 232 Å². The highest BCUT2D eigenvalue weighted by Crippen LogP contribution is 2.36. The van der Waals surface area contributed by atoms with Gasteiger partial charge in [-0.15, -0.1) is 11.3 Å². The molecule has 1 aromatic carbocycles. The van der Waals surface area contributed by atoms with E-state index in [0.29, 0.717) is 55.5 Å². The number of aliphatic hydroxyl groups excluding tert-OH is 1. The Bertz CT molecular complexity index is 1900. The highest BCUT2D eigenvalue weighted by molar-refractivity contribution is 7.17. The number of benzene rings is 1. The van der Waals surface area contributed by atoms with Crippen molar-refractivity contribution in [2.45, 2.75) is 33.9 Å². The topological polar surface area (TPSA) is 132 Å². The number of H-pyrrole nitrogens is 2. The third kappa shape index (κ3) is 4.52. The molecule has 0 bridgehead atoms. The van der Waals surface area contributed by atoms with Crippen LogP contribution in [0.2, 0.25) is 0 Å². The highest BCUT2D eigenvalue weighted by atomic mass is 32.1. The second-order valence-corrected chi connectivity index (χ2v) is 11.7. The molecule has 6 aromatic rings. The fourth-order valence-electron chi connectivity index (χ4n) is 4.39. The molecule has 0 aliphatic rings. The van der Waals surface area contributed by atoms with Crippen molar-refractivity contribution in [1.29, 1.82) is 0 Å². The van der Waals surface area contributed by atoms with Crippen LogP contribution in [0.15, 0.2) is 55.0 Å². The molecule has 6 rings (SSSR count). The van der Waals surface area contributed by atoms with E-state index in [0.717, 1.165) is 4.88 Å². The van der Waals surface area contributed by atoms with E-state index in [-0.39, 0.29) is 11.2 Å². The van der Waals surface area contributed by atoms with E-state index in [1.54, 1.807) is 48.9 Å². The SMILES string of the molecule is CC(=O)c1ccc(-c2nccc3[nH]c(-c4n[nH]c5ccc(-c6cncc(NC(O)C(C)(C)C)c6)c(F)c45)nc23)s1. The minimum Gasteiger partial charge on any atom is -0.373 e. The molecule has 9 nitrogen and oxygen atoms in total. The molecule has 0 fully saturated rings. The molecule has 40 heavy (non-hydrogen) atoms. The van der Waals surface area contributed by atoms with E-state index in [9.17, 15) is 9.90 Å². The van der Waals surface area contributed by atoms with Gasteiger partial charge in [-0.1, -0.05) is 20.8 Å². The molecule has 4 N–H and O–H groups in total. The Morgan fingerprint density at radius 2 is 1.93 bits per heavy atom. The van der Waals surface area contributed by atoms with Crippen LogP contribution in [0.3, 0.4) is 0 Å². The number of aliphatic hydroxyl groups is 1. The van der Waals surface area contributed by atoms with Crippen molar-refractivity contribution in [3.05, 3.63) is 65.7 Å². The van der Waals surface area contributed by atoms with Gasteiger partial charge in [0.25, 0.3) is 0 Å². The number of Topliss-reactive ketones (excluding diaryl/α,β-unsaturated/α-hetero) is 1. The van der Waals surface area contributed by atoms with Crippen LogP contribution in [-0.4, -0.2) is 47.3 Å². The number of nitrogens with zero attached hydrogens (tertiary/aromatic N) is 4. The standard InChI is InChI=1S/C29H26FN7O2S/c1-14(38)20-7-8-21(40-20)25-24-19(9-10-32-25)34-27(35-24)26-22-18(36-37-26)6-5-17(23(22)30)15-11-16(13-31-12-15)33-28(39)29(2,3)4/h5-13,28,33,39H,1-4H3,(H,34,35)(H,36,37). The largest absolute Gasteiger partial charge is 0.373 e. The van der Waals surface area contributed by atoms with Gasteiger partial charge in [-0.3, -0.25) is 19.9 Å². The van der Waals surface area contributed by atoms with Gasteiger partial charge in [0.1, 0.15) is 28.9 Å².